The lowest BCUT2D eigenvalue weighted by molar-refractivity contribution is -0.133. The average molecular weight is 469 g/mol. The Morgan fingerprint density at radius 2 is 1.37 bits per heavy atom. The van der Waals surface area contributed by atoms with Crippen molar-refractivity contribution in [2.45, 2.75) is 24.8 Å². The zero-order valence-corrected chi connectivity index (χ0v) is 19.4. The second-order valence-corrected chi connectivity index (χ2v) is 8.95. The Labute approximate surface area is 204 Å². The summed E-state index contributed by atoms with van der Waals surface area (Å²) in [4.78, 5) is 42.8. The van der Waals surface area contributed by atoms with E-state index in [1.54, 1.807) is 24.3 Å². The maximum atomic E-state index is 13.7. The van der Waals surface area contributed by atoms with Crippen LogP contribution in [0.5, 0.6) is 0 Å². The quantitative estimate of drug-likeness (QED) is 0.534. The summed E-state index contributed by atoms with van der Waals surface area (Å²) in [6, 6.07) is 25.3. The van der Waals surface area contributed by atoms with Gasteiger partial charge >= 0.3 is 6.03 Å². The molecule has 2 aliphatic heterocycles. The first kappa shape index (κ1) is 22.7. The molecular weight excluding hydrogens is 440 g/mol. The molecule has 35 heavy (non-hydrogen) atoms. The first-order chi connectivity index (χ1) is 17.1. The molecule has 0 spiro atoms. The third-order valence-electron chi connectivity index (χ3n) is 6.69. The summed E-state index contributed by atoms with van der Waals surface area (Å²) in [6.45, 7) is 1.71. The Kier molecular flexibility index (Phi) is 6.23. The van der Waals surface area contributed by atoms with E-state index in [4.69, 9.17) is 0 Å². The van der Waals surface area contributed by atoms with E-state index in [1.165, 1.54) is 19.3 Å². The van der Waals surface area contributed by atoms with Gasteiger partial charge in [0.2, 0.25) is 5.91 Å². The highest BCUT2D eigenvalue weighted by atomic mass is 16.2. The van der Waals surface area contributed by atoms with Crippen LogP contribution in [0.15, 0.2) is 84.9 Å². The molecule has 7 heteroatoms. The van der Waals surface area contributed by atoms with Gasteiger partial charge in [-0.15, -0.1) is 0 Å². The predicted octanol–water partition coefficient (Wildman–Crippen LogP) is 4.11. The van der Waals surface area contributed by atoms with Crippen LogP contribution in [0.1, 0.15) is 30.4 Å². The molecule has 0 saturated carbocycles. The Bertz CT molecular complexity index is 1170. The standard InChI is InChI=1S/C28H28N4O3/c33-25(29-23-14-16-24(17-15-23)31-18-8-3-9-19-31)20-32-26(34)28(30-27(32)35,21-10-4-1-5-11-21)22-12-6-2-7-13-22/h1-2,4-7,10-17H,3,8-9,18-20H2,(H,29,33)(H,30,35). The molecule has 2 N–H and O–H groups in total. The fraction of sp³-hybridized carbons (Fsp3) is 0.250. The number of carbonyl (C=O) groups is 3. The molecular formula is C28H28N4O3. The smallest absolute Gasteiger partial charge is 0.326 e. The number of carbonyl (C=O) groups excluding carboxylic acids is 3. The van der Waals surface area contributed by atoms with Crippen LogP contribution >= 0.6 is 0 Å². The van der Waals surface area contributed by atoms with Crippen LogP contribution in [0.3, 0.4) is 0 Å². The van der Waals surface area contributed by atoms with Gasteiger partial charge in [0.05, 0.1) is 0 Å². The first-order valence-electron chi connectivity index (χ1n) is 12.0. The van der Waals surface area contributed by atoms with Gasteiger partial charge in [-0.3, -0.25) is 14.5 Å². The zero-order chi connectivity index (χ0) is 24.3. The third kappa shape index (κ3) is 4.37. The van der Waals surface area contributed by atoms with Gasteiger partial charge in [-0.05, 0) is 54.7 Å². The van der Waals surface area contributed by atoms with Crippen LogP contribution < -0.4 is 15.5 Å². The molecule has 2 heterocycles. The highest BCUT2D eigenvalue weighted by molar-refractivity contribution is 6.12. The Hall–Kier alpha value is -4.13. The molecule has 2 aliphatic rings. The lowest BCUT2D eigenvalue weighted by Gasteiger charge is -2.29. The van der Waals surface area contributed by atoms with Crippen LogP contribution in [-0.4, -0.2) is 42.4 Å². The van der Waals surface area contributed by atoms with E-state index >= 15 is 0 Å². The summed E-state index contributed by atoms with van der Waals surface area (Å²) in [7, 11) is 0. The molecule has 178 valence electrons. The summed E-state index contributed by atoms with van der Waals surface area (Å²) >= 11 is 0. The van der Waals surface area contributed by atoms with E-state index in [-0.39, 0.29) is 6.54 Å². The molecule has 4 amide bonds. The molecule has 2 fully saturated rings. The van der Waals surface area contributed by atoms with Crippen LogP contribution in [0, 0.1) is 0 Å². The molecule has 3 aromatic carbocycles. The largest absolute Gasteiger partial charge is 0.372 e. The van der Waals surface area contributed by atoms with Gasteiger partial charge in [-0.1, -0.05) is 60.7 Å². The van der Waals surface area contributed by atoms with Crippen LogP contribution in [0.25, 0.3) is 0 Å². The minimum Gasteiger partial charge on any atom is -0.372 e. The van der Waals surface area contributed by atoms with Crippen LogP contribution in [0.4, 0.5) is 16.2 Å². The van der Waals surface area contributed by atoms with Crippen molar-refractivity contribution in [3.63, 3.8) is 0 Å². The number of rotatable bonds is 6. The summed E-state index contributed by atoms with van der Waals surface area (Å²) in [6.07, 6.45) is 3.65. The third-order valence-corrected chi connectivity index (χ3v) is 6.69. The summed E-state index contributed by atoms with van der Waals surface area (Å²) in [5, 5.41) is 5.68. The number of nitrogens with one attached hydrogen (secondary N) is 2. The maximum absolute atomic E-state index is 13.7. The van der Waals surface area contributed by atoms with Crippen molar-refractivity contribution in [3.05, 3.63) is 96.1 Å². The molecule has 0 bridgehead atoms. The second kappa shape index (κ2) is 9.62. The summed E-state index contributed by atoms with van der Waals surface area (Å²) in [5.74, 6) is -0.911. The fourth-order valence-electron chi connectivity index (χ4n) is 4.91. The molecule has 0 radical (unpaired) electrons. The average Bonchev–Trinajstić information content (AvgIpc) is 3.16. The van der Waals surface area contributed by atoms with Gasteiger partial charge in [0.1, 0.15) is 6.54 Å². The molecule has 0 aromatic heterocycles. The summed E-state index contributed by atoms with van der Waals surface area (Å²) < 4.78 is 0. The van der Waals surface area contributed by atoms with Crippen LogP contribution in [0.2, 0.25) is 0 Å². The Morgan fingerprint density at radius 3 is 1.94 bits per heavy atom. The topological polar surface area (TPSA) is 81.8 Å². The van der Waals surface area contributed by atoms with Gasteiger partial charge < -0.3 is 15.5 Å². The minimum absolute atomic E-state index is 0.375. The number of nitrogens with zero attached hydrogens (tertiary/aromatic N) is 2. The number of anilines is 2. The lowest BCUT2D eigenvalue weighted by atomic mass is 9.82. The van der Waals surface area contributed by atoms with E-state index in [0.717, 1.165) is 23.7 Å². The normalized spacial score (nSPS) is 17.3. The Balaban J connectivity index is 1.33. The monoisotopic (exact) mass is 468 g/mol. The van der Waals surface area contributed by atoms with Gasteiger partial charge in [0.25, 0.3) is 5.91 Å². The van der Waals surface area contributed by atoms with E-state index in [1.807, 2.05) is 60.7 Å². The SMILES string of the molecule is O=C(CN1C(=O)NC(c2ccccc2)(c2ccccc2)C1=O)Nc1ccc(N2CCCCC2)cc1. The fourth-order valence-corrected chi connectivity index (χ4v) is 4.91. The first-order valence-corrected chi connectivity index (χ1v) is 12.0. The molecule has 0 aliphatic carbocycles. The van der Waals surface area contributed by atoms with Crippen molar-refractivity contribution in [1.29, 1.82) is 0 Å². The predicted molar refractivity (Wildman–Crippen MR) is 135 cm³/mol. The number of benzene rings is 3. The van der Waals surface area contributed by atoms with Crippen molar-refractivity contribution in [2.75, 3.05) is 29.9 Å². The van der Waals surface area contributed by atoms with E-state index in [0.29, 0.717) is 16.8 Å². The van der Waals surface area contributed by atoms with Crippen LogP contribution in [-0.2, 0) is 15.1 Å². The number of urea groups is 1. The van der Waals surface area contributed by atoms with E-state index in [2.05, 4.69) is 15.5 Å². The number of imide groups is 1. The second-order valence-electron chi connectivity index (χ2n) is 8.95. The van der Waals surface area contributed by atoms with Gasteiger partial charge in [-0.2, -0.15) is 0 Å². The van der Waals surface area contributed by atoms with Gasteiger partial charge in [-0.25, -0.2) is 4.79 Å². The van der Waals surface area contributed by atoms with Gasteiger partial charge in [0, 0.05) is 24.5 Å². The number of amides is 4. The van der Waals surface area contributed by atoms with Crippen molar-refractivity contribution in [2.24, 2.45) is 0 Å². The van der Waals surface area contributed by atoms with Gasteiger partial charge in [0.15, 0.2) is 5.54 Å². The highest BCUT2D eigenvalue weighted by Gasteiger charge is 2.54. The molecule has 3 aromatic rings. The number of hydrogen-bond donors (Lipinski definition) is 2. The number of hydrogen-bond acceptors (Lipinski definition) is 4. The van der Waals surface area contributed by atoms with Crippen molar-refractivity contribution < 1.29 is 14.4 Å². The van der Waals surface area contributed by atoms with Crippen molar-refractivity contribution in [3.8, 4) is 0 Å². The van der Waals surface area contributed by atoms with E-state index < -0.39 is 23.4 Å². The molecule has 0 atom stereocenters. The Morgan fingerprint density at radius 1 is 0.800 bits per heavy atom. The lowest BCUT2D eigenvalue weighted by Crippen LogP contribution is -2.45. The molecule has 2 saturated heterocycles. The minimum atomic E-state index is -1.38. The van der Waals surface area contributed by atoms with Crippen molar-refractivity contribution >= 4 is 29.2 Å². The maximum Gasteiger partial charge on any atom is 0.326 e. The molecule has 0 unspecified atom stereocenters. The molecule has 7 nitrogen and oxygen atoms in total. The van der Waals surface area contributed by atoms with Crippen molar-refractivity contribution in [1.82, 2.24) is 10.2 Å². The number of piperidine rings is 1. The summed E-state index contributed by atoms with van der Waals surface area (Å²) in [5.41, 5.74) is 1.66. The zero-order valence-electron chi connectivity index (χ0n) is 19.4. The molecule has 5 rings (SSSR count). The van der Waals surface area contributed by atoms with E-state index in [9.17, 15) is 14.4 Å². The highest BCUT2D eigenvalue weighted by Crippen LogP contribution is 2.36.